The average Bonchev–Trinajstić information content (AvgIpc) is 3.00. The van der Waals surface area contributed by atoms with Gasteiger partial charge in [0.05, 0.1) is 6.10 Å². The topological polar surface area (TPSA) is 91.0 Å². The van der Waals surface area contributed by atoms with E-state index in [9.17, 15) is 14.4 Å². The Hall–Kier alpha value is -3.75. The predicted molar refractivity (Wildman–Crippen MR) is 157 cm³/mol. The Morgan fingerprint density at radius 1 is 0.850 bits per heavy atom. The highest BCUT2D eigenvalue weighted by molar-refractivity contribution is 5.92. The molecule has 1 aliphatic rings. The van der Waals surface area contributed by atoms with Crippen LogP contribution in [-0.2, 0) is 32.0 Å². The molecule has 0 spiro atoms. The van der Waals surface area contributed by atoms with Crippen molar-refractivity contribution in [3.8, 4) is 0 Å². The number of hydrogen-bond donors (Lipinski definition) is 2. The minimum absolute atomic E-state index is 0.0272. The Bertz CT molecular complexity index is 1290. The molecule has 8 heteroatoms. The molecule has 0 aliphatic carbocycles. The van der Waals surface area contributed by atoms with Crippen LogP contribution in [0.5, 0.6) is 0 Å². The molecule has 212 valence electrons. The second kappa shape index (κ2) is 14.1. The number of hydrogen-bond acceptors (Lipinski definition) is 5. The molecule has 4 rings (SSSR count). The fourth-order valence-electron chi connectivity index (χ4n) is 5.20. The van der Waals surface area contributed by atoms with E-state index < -0.39 is 12.1 Å². The first-order chi connectivity index (χ1) is 19.4. The smallest absolute Gasteiger partial charge is 0.249 e. The van der Waals surface area contributed by atoms with Gasteiger partial charge in [0.15, 0.2) is 0 Å². The lowest BCUT2D eigenvalue weighted by atomic mass is 9.98. The zero-order chi connectivity index (χ0) is 28.5. The first kappa shape index (κ1) is 29.2. The molecule has 3 amide bonds. The quantitative estimate of drug-likeness (QED) is 0.388. The summed E-state index contributed by atoms with van der Waals surface area (Å²) in [5.41, 5.74) is 1.88. The third-order valence-electron chi connectivity index (χ3n) is 7.75. The largest absolute Gasteiger partial charge is 0.368 e. The van der Waals surface area contributed by atoms with Crippen LogP contribution in [0, 0.1) is 0 Å². The van der Waals surface area contributed by atoms with Gasteiger partial charge in [-0.25, -0.2) is 0 Å². The molecule has 0 radical (unpaired) electrons. The van der Waals surface area contributed by atoms with Gasteiger partial charge in [-0.2, -0.15) is 0 Å². The van der Waals surface area contributed by atoms with Crippen molar-refractivity contribution >= 4 is 28.5 Å². The molecule has 1 heterocycles. The van der Waals surface area contributed by atoms with Crippen LogP contribution in [0.4, 0.5) is 0 Å². The fraction of sp³-hybridized carbons (Fsp3) is 0.406. The highest BCUT2D eigenvalue weighted by Gasteiger charge is 2.35. The van der Waals surface area contributed by atoms with E-state index in [0.29, 0.717) is 12.8 Å². The third-order valence-corrected chi connectivity index (χ3v) is 7.75. The van der Waals surface area contributed by atoms with Gasteiger partial charge >= 0.3 is 0 Å². The van der Waals surface area contributed by atoms with E-state index in [2.05, 4.69) is 16.7 Å². The van der Waals surface area contributed by atoms with Crippen molar-refractivity contribution < 1.29 is 19.1 Å². The van der Waals surface area contributed by atoms with Crippen LogP contribution >= 0.6 is 0 Å². The van der Waals surface area contributed by atoms with Crippen molar-refractivity contribution in [3.05, 3.63) is 83.9 Å². The standard InChI is InChI=1S/C32H40N4O4/c1-33-31(38)28(20-23-9-5-4-6-10-23)36(3)32(39)29(21-24-13-14-25-11-7-8-12-26(25)19-24)35(2)30(37)22-40-27-15-17-34-18-16-27/h4-14,19,27-29,34H,15-18,20-22H2,1-3H3,(H,33,38)/t28-,29-/m1/s1. The van der Waals surface area contributed by atoms with E-state index in [1.807, 2.05) is 66.7 Å². The van der Waals surface area contributed by atoms with Gasteiger partial charge in [-0.15, -0.1) is 0 Å². The molecule has 1 fully saturated rings. The third kappa shape index (κ3) is 7.46. The number of fused-ring (bicyclic) bond motifs is 1. The van der Waals surface area contributed by atoms with Gasteiger partial charge in [-0.3, -0.25) is 14.4 Å². The number of ether oxygens (including phenoxy) is 1. The number of carbonyl (C=O) groups is 3. The van der Waals surface area contributed by atoms with Crippen LogP contribution in [-0.4, -0.2) is 86.5 Å². The highest BCUT2D eigenvalue weighted by atomic mass is 16.5. The Labute approximate surface area is 236 Å². The molecule has 1 aliphatic heterocycles. The molecular weight excluding hydrogens is 504 g/mol. The van der Waals surface area contributed by atoms with Crippen LogP contribution in [0.25, 0.3) is 10.8 Å². The van der Waals surface area contributed by atoms with Crippen molar-refractivity contribution in [2.24, 2.45) is 0 Å². The van der Waals surface area contributed by atoms with Crippen molar-refractivity contribution in [2.45, 2.75) is 43.9 Å². The Morgan fingerprint density at radius 3 is 2.20 bits per heavy atom. The Morgan fingerprint density at radius 2 is 1.50 bits per heavy atom. The molecule has 0 unspecified atom stereocenters. The summed E-state index contributed by atoms with van der Waals surface area (Å²) >= 11 is 0. The van der Waals surface area contributed by atoms with Gasteiger partial charge in [0.2, 0.25) is 17.7 Å². The maximum absolute atomic E-state index is 14.1. The van der Waals surface area contributed by atoms with Gasteiger partial charge in [-0.05, 0) is 47.8 Å². The number of benzene rings is 3. The lowest BCUT2D eigenvalue weighted by molar-refractivity contribution is -0.150. The SMILES string of the molecule is CNC(=O)[C@@H](Cc1ccccc1)N(C)C(=O)[C@@H](Cc1ccc2ccccc2c1)N(C)C(=O)COC1CCNCC1. The number of rotatable bonds is 11. The van der Waals surface area contributed by atoms with Crippen LogP contribution in [0.1, 0.15) is 24.0 Å². The first-order valence-corrected chi connectivity index (χ1v) is 13.9. The van der Waals surface area contributed by atoms with Crippen molar-refractivity contribution in [2.75, 3.05) is 40.8 Å². The van der Waals surface area contributed by atoms with E-state index in [0.717, 1.165) is 47.8 Å². The van der Waals surface area contributed by atoms with E-state index in [4.69, 9.17) is 4.74 Å². The number of amides is 3. The fourth-order valence-corrected chi connectivity index (χ4v) is 5.20. The zero-order valence-corrected chi connectivity index (χ0v) is 23.6. The second-order valence-electron chi connectivity index (χ2n) is 10.4. The molecule has 0 bridgehead atoms. The van der Waals surface area contributed by atoms with E-state index in [1.54, 1.807) is 21.1 Å². The Balaban J connectivity index is 1.58. The molecule has 0 saturated carbocycles. The van der Waals surface area contributed by atoms with Crippen LogP contribution in [0.15, 0.2) is 72.8 Å². The zero-order valence-electron chi connectivity index (χ0n) is 23.6. The van der Waals surface area contributed by atoms with Crippen molar-refractivity contribution in [3.63, 3.8) is 0 Å². The average molecular weight is 545 g/mol. The molecule has 1 saturated heterocycles. The summed E-state index contributed by atoms with van der Waals surface area (Å²) in [6.45, 7) is 1.64. The van der Waals surface area contributed by atoms with E-state index in [-0.39, 0.29) is 30.4 Å². The highest BCUT2D eigenvalue weighted by Crippen LogP contribution is 2.20. The predicted octanol–water partition coefficient (Wildman–Crippen LogP) is 2.79. The van der Waals surface area contributed by atoms with E-state index in [1.165, 1.54) is 9.80 Å². The number of nitrogens with zero attached hydrogens (tertiary/aromatic N) is 2. The molecule has 0 aromatic heterocycles. The second-order valence-corrected chi connectivity index (χ2v) is 10.4. The van der Waals surface area contributed by atoms with Gasteiger partial charge in [-0.1, -0.05) is 72.8 Å². The molecule has 3 aromatic rings. The van der Waals surface area contributed by atoms with Crippen molar-refractivity contribution in [1.82, 2.24) is 20.4 Å². The van der Waals surface area contributed by atoms with Crippen molar-refractivity contribution in [1.29, 1.82) is 0 Å². The molecule has 3 aromatic carbocycles. The van der Waals surface area contributed by atoms with Gasteiger partial charge < -0.3 is 25.2 Å². The summed E-state index contributed by atoms with van der Waals surface area (Å²) in [6.07, 6.45) is 2.41. The lowest BCUT2D eigenvalue weighted by Crippen LogP contribution is -2.56. The number of piperidine rings is 1. The molecule has 8 nitrogen and oxygen atoms in total. The Kier molecular flexibility index (Phi) is 10.3. The minimum Gasteiger partial charge on any atom is -0.368 e. The normalized spacial score (nSPS) is 15.3. The summed E-state index contributed by atoms with van der Waals surface area (Å²) in [6, 6.07) is 22.2. The number of likely N-dealkylation sites (N-methyl/N-ethyl adjacent to an activating group) is 3. The van der Waals surface area contributed by atoms with E-state index >= 15 is 0 Å². The summed E-state index contributed by atoms with van der Waals surface area (Å²) in [7, 11) is 4.86. The van der Waals surface area contributed by atoms with Crippen LogP contribution in [0.3, 0.4) is 0 Å². The maximum atomic E-state index is 14.1. The molecule has 2 atom stereocenters. The number of nitrogens with one attached hydrogen (secondary N) is 2. The summed E-state index contributed by atoms with van der Waals surface area (Å²) in [4.78, 5) is 43.4. The molecule has 2 N–H and O–H groups in total. The van der Waals surface area contributed by atoms with Crippen LogP contribution in [0.2, 0.25) is 0 Å². The molecular formula is C32H40N4O4. The lowest BCUT2D eigenvalue weighted by Gasteiger charge is -2.35. The monoisotopic (exact) mass is 544 g/mol. The van der Waals surface area contributed by atoms with Gasteiger partial charge in [0.25, 0.3) is 0 Å². The van der Waals surface area contributed by atoms with Gasteiger partial charge in [0.1, 0.15) is 18.7 Å². The first-order valence-electron chi connectivity index (χ1n) is 13.9. The van der Waals surface area contributed by atoms with Gasteiger partial charge in [0, 0.05) is 34.0 Å². The number of carbonyl (C=O) groups excluding carboxylic acids is 3. The minimum atomic E-state index is -0.807. The van der Waals surface area contributed by atoms with Crippen LogP contribution < -0.4 is 10.6 Å². The maximum Gasteiger partial charge on any atom is 0.249 e. The summed E-state index contributed by atoms with van der Waals surface area (Å²) < 4.78 is 5.93. The summed E-state index contributed by atoms with van der Waals surface area (Å²) in [5.74, 6) is -0.812. The molecule has 40 heavy (non-hydrogen) atoms. The summed E-state index contributed by atoms with van der Waals surface area (Å²) in [5, 5.41) is 8.16.